The van der Waals surface area contributed by atoms with Gasteiger partial charge in [0.2, 0.25) is 5.91 Å². The lowest BCUT2D eigenvalue weighted by Gasteiger charge is -2.37. The molecule has 7 nitrogen and oxygen atoms in total. The van der Waals surface area contributed by atoms with Crippen molar-refractivity contribution in [1.29, 1.82) is 0 Å². The highest BCUT2D eigenvalue weighted by Crippen LogP contribution is 2.31. The van der Waals surface area contributed by atoms with Crippen molar-refractivity contribution in [1.82, 2.24) is 9.80 Å². The van der Waals surface area contributed by atoms with Crippen LogP contribution < -0.4 is 5.73 Å². The number of carboxylic acids is 1. The number of likely N-dealkylation sites (tertiary alicyclic amines) is 1. The van der Waals surface area contributed by atoms with Crippen molar-refractivity contribution < 1.29 is 19.5 Å². The van der Waals surface area contributed by atoms with Gasteiger partial charge in [-0.15, -0.1) is 0 Å². The average molecular weight is 257 g/mol. The minimum atomic E-state index is -0.833. The van der Waals surface area contributed by atoms with E-state index in [1.54, 1.807) is 11.8 Å². The van der Waals surface area contributed by atoms with Gasteiger partial charge in [-0.1, -0.05) is 0 Å². The number of carbonyl (C=O) groups excluding carboxylic acids is 2. The Morgan fingerprint density at radius 1 is 1.33 bits per heavy atom. The van der Waals surface area contributed by atoms with E-state index >= 15 is 0 Å². The van der Waals surface area contributed by atoms with E-state index in [0.717, 1.165) is 0 Å². The lowest BCUT2D eigenvalue weighted by atomic mass is 9.80. The number of hydrogen-bond donors (Lipinski definition) is 2. The Hall–Kier alpha value is -1.79. The molecule has 0 spiro atoms. The molecule has 7 heteroatoms. The molecule has 0 aromatic carbocycles. The van der Waals surface area contributed by atoms with Gasteiger partial charge in [-0.25, -0.2) is 4.79 Å². The highest BCUT2D eigenvalue weighted by Gasteiger charge is 2.38. The predicted molar refractivity (Wildman–Crippen MR) is 63.8 cm³/mol. The van der Waals surface area contributed by atoms with Crippen molar-refractivity contribution in [3.63, 3.8) is 0 Å². The monoisotopic (exact) mass is 257 g/mol. The van der Waals surface area contributed by atoms with Gasteiger partial charge in [-0.3, -0.25) is 9.59 Å². The van der Waals surface area contributed by atoms with Gasteiger partial charge in [0, 0.05) is 20.1 Å². The molecular weight excluding hydrogens is 238 g/mol. The fraction of sp³-hybridized carbons (Fsp3) is 0.727. The molecule has 0 radical (unpaired) electrons. The number of hydrogen-bond acceptors (Lipinski definition) is 3. The van der Waals surface area contributed by atoms with Crippen molar-refractivity contribution in [3.8, 4) is 0 Å². The fourth-order valence-corrected chi connectivity index (χ4v) is 1.95. The van der Waals surface area contributed by atoms with Gasteiger partial charge in [0.15, 0.2) is 0 Å². The largest absolute Gasteiger partial charge is 0.481 e. The maximum absolute atomic E-state index is 11.9. The molecule has 1 saturated heterocycles. The van der Waals surface area contributed by atoms with Gasteiger partial charge in [0.25, 0.3) is 0 Å². The number of piperidine rings is 1. The summed E-state index contributed by atoms with van der Waals surface area (Å²) in [7, 11) is 1.50. The highest BCUT2D eigenvalue weighted by atomic mass is 16.4. The van der Waals surface area contributed by atoms with Gasteiger partial charge in [0.1, 0.15) is 6.54 Å². The van der Waals surface area contributed by atoms with Crippen LogP contribution >= 0.6 is 0 Å². The second-order valence-electron chi connectivity index (χ2n) is 4.96. The van der Waals surface area contributed by atoms with Crippen molar-refractivity contribution in [2.45, 2.75) is 19.8 Å². The molecule has 102 valence electrons. The van der Waals surface area contributed by atoms with Crippen LogP contribution in [0.2, 0.25) is 0 Å². The van der Waals surface area contributed by atoms with Crippen LogP contribution in [0.3, 0.4) is 0 Å². The third kappa shape index (κ3) is 3.12. The molecule has 0 aromatic heterocycles. The normalized spacial score (nSPS) is 18.2. The Balaban J connectivity index is 2.55. The van der Waals surface area contributed by atoms with Crippen LogP contribution in [0.5, 0.6) is 0 Å². The number of primary amides is 1. The predicted octanol–water partition coefficient (Wildman–Crippen LogP) is -0.290. The van der Waals surface area contributed by atoms with Crippen LogP contribution in [0.25, 0.3) is 0 Å². The molecule has 1 aliphatic heterocycles. The van der Waals surface area contributed by atoms with E-state index < -0.39 is 17.3 Å². The molecule has 0 aromatic rings. The van der Waals surface area contributed by atoms with Gasteiger partial charge < -0.3 is 20.6 Å². The Morgan fingerprint density at radius 2 is 1.83 bits per heavy atom. The molecule has 0 saturated carbocycles. The summed E-state index contributed by atoms with van der Waals surface area (Å²) in [5, 5.41) is 9.08. The number of rotatable bonds is 3. The third-order valence-electron chi connectivity index (χ3n) is 3.37. The number of likely N-dealkylation sites (N-methyl/N-ethyl adjacent to an activating group) is 1. The maximum atomic E-state index is 11.9. The number of nitrogens with two attached hydrogens (primary N) is 1. The zero-order chi connectivity index (χ0) is 13.9. The van der Waals surface area contributed by atoms with Crippen molar-refractivity contribution in [2.24, 2.45) is 11.1 Å². The van der Waals surface area contributed by atoms with Crippen molar-refractivity contribution in [3.05, 3.63) is 0 Å². The summed E-state index contributed by atoms with van der Waals surface area (Å²) in [6, 6.07) is -0.291. The molecule has 0 aliphatic carbocycles. The standard InChI is InChI=1S/C11H19N3O4/c1-11(9(16)17)3-5-14(6-4-11)10(18)13(2)7-8(12)15/h3-7H2,1-2H3,(H2,12,15)(H,16,17). The minimum absolute atomic E-state index is 0.133. The molecule has 1 heterocycles. The summed E-state index contributed by atoms with van der Waals surface area (Å²) in [6.45, 7) is 2.31. The molecule has 18 heavy (non-hydrogen) atoms. The Morgan fingerprint density at radius 3 is 2.22 bits per heavy atom. The van der Waals surface area contributed by atoms with Crippen LogP contribution in [0.1, 0.15) is 19.8 Å². The first-order valence-corrected chi connectivity index (χ1v) is 5.78. The Bertz CT molecular complexity index is 361. The Labute approximate surface area is 106 Å². The summed E-state index contributed by atoms with van der Waals surface area (Å²) < 4.78 is 0. The quantitative estimate of drug-likeness (QED) is 0.725. The Kier molecular flexibility index (Phi) is 4.15. The average Bonchev–Trinajstić information content (AvgIpc) is 2.28. The molecular formula is C11H19N3O4. The van der Waals surface area contributed by atoms with E-state index in [9.17, 15) is 14.4 Å². The van der Waals surface area contributed by atoms with Crippen LogP contribution in [-0.4, -0.2) is 59.5 Å². The molecule has 0 unspecified atom stereocenters. The molecule has 0 atom stereocenters. The molecule has 3 amide bonds. The fourth-order valence-electron chi connectivity index (χ4n) is 1.95. The zero-order valence-electron chi connectivity index (χ0n) is 10.7. The maximum Gasteiger partial charge on any atom is 0.320 e. The number of aliphatic carboxylic acids is 1. The SMILES string of the molecule is CN(CC(N)=O)C(=O)N1CCC(C)(C(=O)O)CC1. The number of carbonyl (C=O) groups is 3. The van der Waals surface area contributed by atoms with Gasteiger partial charge in [-0.2, -0.15) is 0 Å². The summed E-state index contributed by atoms with van der Waals surface area (Å²) in [5.41, 5.74) is 4.25. The van der Waals surface area contributed by atoms with Crippen LogP contribution in [0.4, 0.5) is 4.79 Å². The van der Waals surface area contributed by atoms with E-state index in [1.165, 1.54) is 11.9 Å². The number of carboxylic acid groups (broad SMARTS) is 1. The van der Waals surface area contributed by atoms with E-state index in [2.05, 4.69) is 0 Å². The highest BCUT2D eigenvalue weighted by molar-refractivity contribution is 5.83. The second-order valence-corrected chi connectivity index (χ2v) is 4.96. The summed E-state index contributed by atoms with van der Waals surface area (Å²) in [5.74, 6) is -1.40. The summed E-state index contributed by atoms with van der Waals surface area (Å²) in [6.07, 6.45) is 0.830. The molecule has 0 bridgehead atoms. The molecule has 1 rings (SSSR count). The lowest BCUT2D eigenvalue weighted by Crippen LogP contribution is -2.50. The first-order chi connectivity index (χ1) is 8.26. The number of urea groups is 1. The number of amides is 3. The first kappa shape index (κ1) is 14.3. The second kappa shape index (κ2) is 5.24. The topological polar surface area (TPSA) is 104 Å². The van der Waals surface area contributed by atoms with Gasteiger partial charge in [0.05, 0.1) is 5.41 Å². The van der Waals surface area contributed by atoms with Crippen molar-refractivity contribution in [2.75, 3.05) is 26.7 Å². The van der Waals surface area contributed by atoms with E-state index in [4.69, 9.17) is 10.8 Å². The van der Waals surface area contributed by atoms with Gasteiger partial charge >= 0.3 is 12.0 Å². The summed E-state index contributed by atoms with van der Waals surface area (Å²) in [4.78, 5) is 36.5. The lowest BCUT2D eigenvalue weighted by molar-refractivity contribution is -0.150. The van der Waals surface area contributed by atoms with E-state index in [1.807, 2.05) is 0 Å². The van der Waals surface area contributed by atoms with E-state index in [-0.39, 0.29) is 12.6 Å². The van der Waals surface area contributed by atoms with Gasteiger partial charge in [-0.05, 0) is 19.8 Å². The van der Waals surface area contributed by atoms with E-state index in [0.29, 0.717) is 25.9 Å². The summed E-state index contributed by atoms with van der Waals surface area (Å²) >= 11 is 0. The molecule has 1 fully saturated rings. The van der Waals surface area contributed by atoms with Crippen LogP contribution in [-0.2, 0) is 9.59 Å². The minimum Gasteiger partial charge on any atom is -0.481 e. The van der Waals surface area contributed by atoms with Crippen LogP contribution in [0, 0.1) is 5.41 Å². The molecule has 1 aliphatic rings. The van der Waals surface area contributed by atoms with Crippen LogP contribution in [0.15, 0.2) is 0 Å². The van der Waals surface area contributed by atoms with Crippen molar-refractivity contribution >= 4 is 17.9 Å². The zero-order valence-corrected chi connectivity index (χ0v) is 10.7. The number of nitrogens with zero attached hydrogens (tertiary/aromatic N) is 2. The third-order valence-corrected chi connectivity index (χ3v) is 3.37. The first-order valence-electron chi connectivity index (χ1n) is 5.78. The molecule has 3 N–H and O–H groups in total. The smallest absolute Gasteiger partial charge is 0.320 e.